The standard InChI is InChI=1S/C24H22ClN3/c25-21-13-11-19(12-14-21)23-26-24-22(18-9-5-2-6-10-18)15-20(16-28(24)27-23)17-7-3-1-4-8-17/h3,5,7-16,23,27H,1-2,4,6H2. The second kappa shape index (κ2) is 7.42. The number of nitrogens with zero attached hydrogens (tertiary/aromatic N) is 2. The summed E-state index contributed by atoms with van der Waals surface area (Å²) in [6.07, 6.45) is 22.3. The molecule has 2 aliphatic carbocycles. The molecule has 5 rings (SSSR count). The normalized spacial score (nSPS) is 23.5. The molecule has 3 nitrogen and oxygen atoms in total. The van der Waals surface area contributed by atoms with Crippen molar-refractivity contribution in [2.45, 2.75) is 31.8 Å². The van der Waals surface area contributed by atoms with E-state index < -0.39 is 0 Å². The monoisotopic (exact) mass is 387 g/mol. The molecule has 0 fully saturated rings. The van der Waals surface area contributed by atoms with E-state index in [0.717, 1.165) is 42.1 Å². The van der Waals surface area contributed by atoms with Crippen molar-refractivity contribution >= 4 is 17.4 Å². The number of allylic oxidation sites excluding steroid dienone is 9. The number of aliphatic imine (C=N–C) groups is 1. The molecule has 0 saturated heterocycles. The van der Waals surface area contributed by atoms with E-state index in [4.69, 9.17) is 16.6 Å². The summed E-state index contributed by atoms with van der Waals surface area (Å²) >= 11 is 6.06. The van der Waals surface area contributed by atoms with Crippen LogP contribution in [0.1, 0.15) is 37.4 Å². The summed E-state index contributed by atoms with van der Waals surface area (Å²) in [7, 11) is 0. The maximum atomic E-state index is 6.06. The molecule has 1 aromatic rings. The number of hydrogen-bond donors (Lipinski definition) is 1. The number of amidine groups is 1. The lowest BCUT2D eigenvalue weighted by Gasteiger charge is -2.26. The smallest absolute Gasteiger partial charge is 0.152 e. The summed E-state index contributed by atoms with van der Waals surface area (Å²) in [4.78, 5) is 5.01. The first-order valence-corrected chi connectivity index (χ1v) is 10.2. The Morgan fingerprint density at radius 2 is 1.61 bits per heavy atom. The fraction of sp³-hybridized carbons (Fsp3) is 0.208. The van der Waals surface area contributed by atoms with Gasteiger partial charge in [-0.1, -0.05) is 60.2 Å². The van der Waals surface area contributed by atoms with Gasteiger partial charge in [-0.05, 0) is 66.2 Å². The third-order valence-electron chi connectivity index (χ3n) is 5.37. The lowest BCUT2D eigenvalue weighted by molar-refractivity contribution is 0.384. The Labute approximate surface area is 170 Å². The van der Waals surface area contributed by atoms with Crippen LogP contribution in [0.3, 0.4) is 0 Å². The Balaban J connectivity index is 1.55. The van der Waals surface area contributed by atoms with Crippen molar-refractivity contribution in [3.63, 3.8) is 0 Å². The molecule has 140 valence electrons. The second-order valence-electron chi connectivity index (χ2n) is 7.33. The van der Waals surface area contributed by atoms with Crippen molar-refractivity contribution in [1.82, 2.24) is 10.4 Å². The van der Waals surface area contributed by atoms with Crippen molar-refractivity contribution in [1.29, 1.82) is 0 Å². The van der Waals surface area contributed by atoms with E-state index >= 15 is 0 Å². The van der Waals surface area contributed by atoms with Gasteiger partial charge in [0.15, 0.2) is 5.84 Å². The van der Waals surface area contributed by atoms with Gasteiger partial charge in [0.1, 0.15) is 6.17 Å². The number of fused-ring (bicyclic) bond motifs is 1. The first kappa shape index (κ1) is 17.5. The zero-order valence-corrected chi connectivity index (χ0v) is 16.4. The maximum absolute atomic E-state index is 6.06. The molecule has 4 heteroatoms. The minimum Gasteiger partial charge on any atom is -0.264 e. The molecule has 28 heavy (non-hydrogen) atoms. The molecule has 1 N–H and O–H groups in total. The van der Waals surface area contributed by atoms with E-state index in [1.165, 1.54) is 22.3 Å². The first-order valence-electron chi connectivity index (χ1n) is 9.85. The number of halogens is 1. The maximum Gasteiger partial charge on any atom is 0.152 e. The van der Waals surface area contributed by atoms with Crippen molar-refractivity contribution in [3.8, 4) is 0 Å². The van der Waals surface area contributed by atoms with Gasteiger partial charge in [-0.25, -0.2) is 4.99 Å². The first-order chi connectivity index (χ1) is 13.8. The summed E-state index contributed by atoms with van der Waals surface area (Å²) in [5, 5.41) is 2.82. The van der Waals surface area contributed by atoms with E-state index in [2.05, 4.69) is 59.2 Å². The molecule has 1 unspecified atom stereocenters. The van der Waals surface area contributed by atoms with Crippen molar-refractivity contribution < 1.29 is 0 Å². The van der Waals surface area contributed by atoms with Crippen LogP contribution in [-0.4, -0.2) is 10.8 Å². The van der Waals surface area contributed by atoms with Crippen molar-refractivity contribution in [3.05, 3.63) is 106 Å². The van der Waals surface area contributed by atoms with Crippen LogP contribution in [0.15, 0.2) is 100 Å². The zero-order valence-electron chi connectivity index (χ0n) is 15.6. The summed E-state index contributed by atoms with van der Waals surface area (Å²) in [5.74, 6) is 0.974. The van der Waals surface area contributed by atoms with E-state index in [-0.39, 0.29) is 6.17 Å². The third-order valence-corrected chi connectivity index (χ3v) is 5.62. The zero-order chi connectivity index (χ0) is 18.9. The Bertz CT molecular complexity index is 1000. The van der Waals surface area contributed by atoms with E-state index in [9.17, 15) is 0 Å². The molecule has 0 radical (unpaired) electrons. The number of hydrogen-bond acceptors (Lipinski definition) is 3. The highest BCUT2D eigenvalue weighted by molar-refractivity contribution is 6.30. The van der Waals surface area contributed by atoms with Crippen LogP contribution < -0.4 is 5.43 Å². The molecule has 2 heterocycles. The van der Waals surface area contributed by atoms with Crippen LogP contribution in [0.4, 0.5) is 0 Å². The fourth-order valence-corrected chi connectivity index (χ4v) is 4.03. The average Bonchev–Trinajstić information content (AvgIpc) is 3.19. The van der Waals surface area contributed by atoms with Crippen LogP contribution in [0, 0.1) is 0 Å². The lowest BCUT2D eigenvalue weighted by atomic mass is 9.91. The van der Waals surface area contributed by atoms with Crippen LogP contribution in [-0.2, 0) is 0 Å². The molecule has 1 aromatic carbocycles. The Morgan fingerprint density at radius 3 is 2.29 bits per heavy atom. The molecule has 1 atom stereocenters. The van der Waals surface area contributed by atoms with E-state index in [1.807, 2.05) is 24.3 Å². The number of rotatable bonds is 3. The summed E-state index contributed by atoms with van der Waals surface area (Å²) in [6, 6.07) is 7.89. The predicted molar refractivity (Wildman–Crippen MR) is 116 cm³/mol. The van der Waals surface area contributed by atoms with Gasteiger partial charge in [-0.3, -0.25) is 5.01 Å². The topological polar surface area (TPSA) is 27.6 Å². The number of benzene rings is 1. The van der Waals surface area contributed by atoms with Gasteiger partial charge in [-0.2, -0.15) is 5.43 Å². The van der Waals surface area contributed by atoms with Crippen LogP contribution in [0.5, 0.6) is 0 Å². The average molecular weight is 388 g/mol. The minimum absolute atomic E-state index is 0.115. The highest BCUT2D eigenvalue weighted by Gasteiger charge is 2.31. The minimum atomic E-state index is -0.115. The van der Waals surface area contributed by atoms with Gasteiger partial charge < -0.3 is 0 Å². The SMILES string of the molecule is Clc1ccc(C2N=C3C(C4=CCCC=C4)=CC(C4=CCCC=C4)=CN3N2)cc1. The van der Waals surface area contributed by atoms with Crippen LogP contribution in [0.2, 0.25) is 5.02 Å². The molecule has 0 amide bonds. The van der Waals surface area contributed by atoms with Crippen LogP contribution >= 0.6 is 11.6 Å². The Kier molecular flexibility index (Phi) is 4.63. The summed E-state index contributed by atoms with van der Waals surface area (Å²) in [5.41, 5.74) is 9.56. The highest BCUT2D eigenvalue weighted by atomic mass is 35.5. The highest BCUT2D eigenvalue weighted by Crippen LogP contribution is 2.34. The number of hydrazine groups is 1. The van der Waals surface area contributed by atoms with Gasteiger partial charge in [0.2, 0.25) is 0 Å². The van der Waals surface area contributed by atoms with E-state index in [1.54, 1.807) is 0 Å². The third kappa shape index (κ3) is 3.32. The summed E-state index contributed by atoms with van der Waals surface area (Å²) in [6.45, 7) is 0. The fourth-order valence-electron chi connectivity index (χ4n) is 3.91. The molecular formula is C24H22ClN3. The van der Waals surface area contributed by atoms with Gasteiger partial charge in [0.05, 0.1) is 0 Å². The molecule has 4 aliphatic rings. The van der Waals surface area contributed by atoms with Gasteiger partial charge in [0.25, 0.3) is 0 Å². The molecule has 0 spiro atoms. The molecule has 0 aromatic heterocycles. The number of nitrogens with one attached hydrogen (secondary N) is 1. The lowest BCUT2D eigenvalue weighted by Crippen LogP contribution is -2.36. The molecule has 2 aliphatic heterocycles. The Hall–Kier alpha value is -2.62. The summed E-state index contributed by atoms with van der Waals surface area (Å²) < 4.78 is 0. The van der Waals surface area contributed by atoms with E-state index in [0.29, 0.717) is 0 Å². The Morgan fingerprint density at radius 1 is 0.893 bits per heavy atom. The largest absolute Gasteiger partial charge is 0.264 e. The van der Waals surface area contributed by atoms with Gasteiger partial charge >= 0.3 is 0 Å². The predicted octanol–water partition coefficient (Wildman–Crippen LogP) is 5.93. The molecular weight excluding hydrogens is 366 g/mol. The molecule has 0 bridgehead atoms. The molecule has 0 saturated carbocycles. The van der Waals surface area contributed by atoms with Crippen molar-refractivity contribution in [2.75, 3.05) is 0 Å². The second-order valence-corrected chi connectivity index (χ2v) is 7.76. The van der Waals surface area contributed by atoms with Crippen LogP contribution in [0.25, 0.3) is 0 Å². The van der Waals surface area contributed by atoms with Gasteiger partial charge in [-0.15, -0.1) is 0 Å². The van der Waals surface area contributed by atoms with Gasteiger partial charge in [0, 0.05) is 16.8 Å². The quantitative estimate of drug-likeness (QED) is 0.695. The van der Waals surface area contributed by atoms with Crippen molar-refractivity contribution in [2.24, 2.45) is 4.99 Å².